The highest BCUT2D eigenvalue weighted by Crippen LogP contribution is 2.24. The molecular weight excluding hydrogens is 290 g/mol. The van der Waals surface area contributed by atoms with E-state index in [0.717, 1.165) is 35.7 Å². The highest BCUT2D eigenvalue weighted by Gasteiger charge is 2.22. The van der Waals surface area contributed by atoms with E-state index < -0.39 is 0 Å². The fraction of sp³-hybridized carbons (Fsp3) is 0.600. The van der Waals surface area contributed by atoms with Crippen molar-refractivity contribution in [2.24, 2.45) is 0 Å². The normalized spacial score (nSPS) is 16.6. The molecule has 1 atom stereocenters. The highest BCUT2D eigenvalue weighted by atomic mass is 79.9. The van der Waals surface area contributed by atoms with Crippen LogP contribution in [0.3, 0.4) is 0 Å². The molecule has 3 heteroatoms. The molecular formula is C15H22BrNO. The molecule has 1 fully saturated rings. The maximum absolute atomic E-state index is 6.14. The molecule has 2 rings (SSSR count). The summed E-state index contributed by atoms with van der Waals surface area (Å²) in [4.78, 5) is 0. The standard InChI is InChI=1S/C15H22BrNO/c1-3-4-14(10-17-13-6-7-13)18-15-8-5-12(16)9-11(15)2/h5,8-9,13-14,17H,3-4,6-7,10H2,1-2H3. The van der Waals surface area contributed by atoms with Gasteiger partial charge in [-0.3, -0.25) is 0 Å². The molecule has 0 heterocycles. The van der Waals surface area contributed by atoms with Crippen LogP contribution in [0.4, 0.5) is 0 Å². The number of hydrogen-bond acceptors (Lipinski definition) is 2. The highest BCUT2D eigenvalue weighted by molar-refractivity contribution is 9.10. The molecule has 1 aliphatic carbocycles. The van der Waals surface area contributed by atoms with E-state index in [-0.39, 0.29) is 6.10 Å². The van der Waals surface area contributed by atoms with Gasteiger partial charge in [-0.1, -0.05) is 29.3 Å². The minimum Gasteiger partial charge on any atom is -0.489 e. The van der Waals surface area contributed by atoms with Gasteiger partial charge in [0.1, 0.15) is 11.9 Å². The Hall–Kier alpha value is -0.540. The van der Waals surface area contributed by atoms with Crippen LogP contribution in [0.15, 0.2) is 22.7 Å². The van der Waals surface area contributed by atoms with E-state index in [2.05, 4.69) is 47.2 Å². The van der Waals surface area contributed by atoms with Crippen LogP contribution in [0.5, 0.6) is 5.75 Å². The number of nitrogens with one attached hydrogen (secondary N) is 1. The van der Waals surface area contributed by atoms with Crippen molar-refractivity contribution in [1.82, 2.24) is 5.32 Å². The van der Waals surface area contributed by atoms with Crippen molar-refractivity contribution in [1.29, 1.82) is 0 Å². The molecule has 1 aromatic carbocycles. The molecule has 1 saturated carbocycles. The Bertz CT molecular complexity index is 390. The summed E-state index contributed by atoms with van der Waals surface area (Å²) in [6.07, 6.45) is 5.21. The van der Waals surface area contributed by atoms with Gasteiger partial charge in [0.25, 0.3) is 0 Å². The molecule has 100 valence electrons. The van der Waals surface area contributed by atoms with E-state index in [9.17, 15) is 0 Å². The van der Waals surface area contributed by atoms with Crippen molar-refractivity contribution < 1.29 is 4.74 Å². The van der Waals surface area contributed by atoms with Gasteiger partial charge >= 0.3 is 0 Å². The van der Waals surface area contributed by atoms with Gasteiger partial charge in [0, 0.05) is 17.1 Å². The maximum atomic E-state index is 6.14. The molecule has 1 N–H and O–H groups in total. The minimum absolute atomic E-state index is 0.287. The van der Waals surface area contributed by atoms with Crippen molar-refractivity contribution in [2.45, 2.75) is 51.7 Å². The van der Waals surface area contributed by atoms with Gasteiger partial charge < -0.3 is 10.1 Å². The predicted molar refractivity (Wildman–Crippen MR) is 79.2 cm³/mol. The summed E-state index contributed by atoms with van der Waals surface area (Å²) in [5, 5.41) is 3.56. The summed E-state index contributed by atoms with van der Waals surface area (Å²) in [5.41, 5.74) is 1.19. The van der Waals surface area contributed by atoms with E-state index in [1.165, 1.54) is 18.4 Å². The van der Waals surface area contributed by atoms with Crippen LogP contribution < -0.4 is 10.1 Å². The fourth-order valence-electron chi connectivity index (χ4n) is 2.03. The van der Waals surface area contributed by atoms with Crippen LogP contribution in [-0.2, 0) is 0 Å². The molecule has 0 radical (unpaired) electrons. The Morgan fingerprint density at radius 1 is 1.44 bits per heavy atom. The number of ether oxygens (including phenoxy) is 1. The lowest BCUT2D eigenvalue weighted by Gasteiger charge is -2.20. The second-order valence-corrected chi connectivity index (χ2v) is 6.04. The topological polar surface area (TPSA) is 21.3 Å². The molecule has 0 saturated heterocycles. The summed E-state index contributed by atoms with van der Waals surface area (Å²) in [6.45, 7) is 5.27. The van der Waals surface area contributed by atoms with Gasteiger partial charge in [-0.05, 0) is 49.9 Å². The van der Waals surface area contributed by atoms with Crippen molar-refractivity contribution in [3.8, 4) is 5.75 Å². The molecule has 1 aliphatic rings. The molecule has 0 bridgehead atoms. The fourth-order valence-corrected chi connectivity index (χ4v) is 2.51. The third-order valence-electron chi connectivity index (χ3n) is 3.25. The Morgan fingerprint density at radius 3 is 2.83 bits per heavy atom. The predicted octanol–water partition coefficient (Wildman–Crippen LogP) is 4.06. The first kappa shape index (κ1) is 13.9. The number of rotatable bonds is 7. The molecule has 0 amide bonds. The minimum atomic E-state index is 0.287. The van der Waals surface area contributed by atoms with Crippen LogP contribution in [0.1, 0.15) is 38.2 Å². The number of halogens is 1. The number of hydrogen-bond donors (Lipinski definition) is 1. The lowest BCUT2D eigenvalue weighted by molar-refractivity contribution is 0.184. The summed E-state index contributed by atoms with van der Waals surface area (Å²) in [6, 6.07) is 6.95. The van der Waals surface area contributed by atoms with E-state index in [4.69, 9.17) is 4.74 Å². The summed E-state index contributed by atoms with van der Waals surface area (Å²) in [7, 11) is 0. The van der Waals surface area contributed by atoms with E-state index in [0.29, 0.717) is 0 Å². The smallest absolute Gasteiger partial charge is 0.122 e. The van der Waals surface area contributed by atoms with Gasteiger partial charge in [0.05, 0.1) is 0 Å². The van der Waals surface area contributed by atoms with Crippen LogP contribution in [0.2, 0.25) is 0 Å². The molecule has 1 unspecified atom stereocenters. The Kier molecular flexibility index (Phi) is 5.07. The second-order valence-electron chi connectivity index (χ2n) is 5.12. The average Bonchev–Trinajstić information content (AvgIpc) is 3.13. The zero-order valence-electron chi connectivity index (χ0n) is 11.2. The lowest BCUT2D eigenvalue weighted by atomic mass is 10.2. The molecule has 18 heavy (non-hydrogen) atoms. The maximum Gasteiger partial charge on any atom is 0.122 e. The van der Waals surface area contributed by atoms with Crippen LogP contribution in [0, 0.1) is 6.92 Å². The second kappa shape index (κ2) is 6.58. The van der Waals surface area contributed by atoms with Crippen molar-refractivity contribution in [2.75, 3.05) is 6.54 Å². The van der Waals surface area contributed by atoms with Gasteiger partial charge in [-0.2, -0.15) is 0 Å². The van der Waals surface area contributed by atoms with Crippen LogP contribution >= 0.6 is 15.9 Å². The third-order valence-corrected chi connectivity index (χ3v) is 3.75. The zero-order valence-corrected chi connectivity index (χ0v) is 12.8. The third kappa shape index (κ3) is 4.29. The van der Waals surface area contributed by atoms with Gasteiger partial charge in [-0.15, -0.1) is 0 Å². The number of aryl methyl sites for hydroxylation is 1. The average molecular weight is 312 g/mol. The van der Waals surface area contributed by atoms with Crippen molar-refractivity contribution in [3.63, 3.8) is 0 Å². The van der Waals surface area contributed by atoms with Gasteiger partial charge in [0.2, 0.25) is 0 Å². The lowest BCUT2D eigenvalue weighted by Crippen LogP contribution is -2.32. The van der Waals surface area contributed by atoms with E-state index in [1.54, 1.807) is 0 Å². The molecule has 2 nitrogen and oxygen atoms in total. The molecule has 1 aromatic rings. The van der Waals surface area contributed by atoms with E-state index in [1.807, 2.05) is 6.07 Å². The Morgan fingerprint density at radius 2 is 2.22 bits per heavy atom. The molecule has 0 aliphatic heterocycles. The Labute approximate surface area is 118 Å². The van der Waals surface area contributed by atoms with Crippen molar-refractivity contribution in [3.05, 3.63) is 28.2 Å². The van der Waals surface area contributed by atoms with Gasteiger partial charge in [0.15, 0.2) is 0 Å². The first-order valence-electron chi connectivity index (χ1n) is 6.85. The first-order chi connectivity index (χ1) is 8.69. The summed E-state index contributed by atoms with van der Waals surface area (Å²) < 4.78 is 7.24. The van der Waals surface area contributed by atoms with Crippen LogP contribution in [0.25, 0.3) is 0 Å². The zero-order chi connectivity index (χ0) is 13.0. The molecule has 0 spiro atoms. The van der Waals surface area contributed by atoms with Crippen LogP contribution in [-0.4, -0.2) is 18.7 Å². The summed E-state index contributed by atoms with van der Waals surface area (Å²) in [5.74, 6) is 1.01. The SMILES string of the molecule is CCCC(CNC1CC1)Oc1ccc(Br)cc1C. The first-order valence-corrected chi connectivity index (χ1v) is 7.64. The van der Waals surface area contributed by atoms with Gasteiger partial charge in [-0.25, -0.2) is 0 Å². The largest absolute Gasteiger partial charge is 0.489 e. The Balaban J connectivity index is 1.92. The quantitative estimate of drug-likeness (QED) is 0.820. The molecule has 0 aromatic heterocycles. The van der Waals surface area contributed by atoms with E-state index >= 15 is 0 Å². The van der Waals surface area contributed by atoms with Crippen molar-refractivity contribution >= 4 is 15.9 Å². The monoisotopic (exact) mass is 311 g/mol. The number of benzene rings is 1. The summed E-state index contributed by atoms with van der Waals surface area (Å²) >= 11 is 3.48.